The van der Waals surface area contributed by atoms with Crippen LogP contribution >= 0.6 is 0 Å². The molecule has 3 amide bonds. The zero-order valence-electron chi connectivity index (χ0n) is 14.7. The summed E-state index contributed by atoms with van der Waals surface area (Å²) in [5.41, 5.74) is 0.929. The molecule has 1 aliphatic rings. The highest BCUT2D eigenvalue weighted by Gasteiger charge is 2.38. The first-order valence-corrected chi connectivity index (χ1v) is 8.23. The van der Waals surface area contributed by atoms with Crippen molar-refractivity contribution in [2.45, 2.75) is 12.7 Å². The van der Waals surface area contributed by atoms with Crippen LogP contribution < -0.4 is 5.32 Å². The fourth-order valence-corrected chi connectivity index (χ4v) is 2.50. The topological polar surface area (TPSA) is 79.0 Å². The van der Waals surface area contributed by atoms with Crippen molar-refractivity contribution < 1.29 is 32.3 Å². The molecular weight excluding hydrogens is 367 g/mol. The summed E-state index contributed by atoms with van der Waals surface area (Å²) in [7, 11) is 1.66. The number of hydrogen-bond donors (Lipinski definition) is 1. The quantitative estimate of drug-likeness (QED) is 0.776. The van der Waals surface area contributed by atoms with E-state index in [9.17, 15) is 27.6 Å². The molecule has 0 unspecified atom stereocenters. The Labute approximate surface area is 154 Å². The summed E-state index contributed by atoms with van der Waals surface area (Å²) >= 11 is 0. The van der Waals surface area contributed by atoms with E-state index in [-0.39, 0.29) is 11.6 Å². The molecule has 27 heavy (non-hydrogen) atoms. The highest BCUT2D eigenvalue weighted by Crippen LogP contribution is 2.14. The molecule has 0 aliphatic carbocycles. The van der Waals surface area contributed by atoms with Crippen molar-refractivity contribution in [2.75, 3.05) is 39.9 Å². The van der Waals surface area contributed by atoms with E-state index in [4.69, 9.17) is 4.74 Å². The molecule has 1 aromatic carbocycles. The second-order valence-corrected chi connectivity index (χ2v) is 6.04. The van der Waals surface area contributed by atoms with Gasteiger partial charge in [-0.15, -0.1) is 0 Å². The maximum Gasteiger partial charge on any atom is 0.471 e. The van der Waals surface area contributed by atoms with Crippen LogP contribution in [-0.4, -0.2) is 73.6 Å². The van der Waals surface area contributed by atoms with Gasteiger partial charge < -0.3 is 19.9 Å². The van der Waals surface area contributed by atoms with Crippen LogP contribution in [0.5, 0.6) is 0 Å². The Morgan fingerprint density at radius 2 is 1.74 bits per heavy atom. The Hall–Kier alpha value is -2.62. The van der Waals surface area contributed by atoms with Gasteiger partial charge in [-0.05, 0) is 5.56 Å². The monoisotopic (exact) mass is 387 g/mol. The van der Waals surface area contributed by atoms with E-state index >= 15 is 0 Å². The third-order valence-corrected chi connectivity index (χ3v) is 3.97. The number of Topliss-reactive ketones (excluding diaryl/α,β-unsaturated/α-hetero) is 1. The van der Waals surface area contributed by atoms with Gasteiger partial charge in [0.25, 0.3) is 0 Å². The fourth-order valence-electron chi connectivity index (χ4n) is 2.50. The molecule has 1 N–H and O–H groups in total. The van der Waals surface area contributed by atoms with Crippen LogP contribution in [0.2, 0.25) is 0 Å². The van der Waals surface area contributed by atoms with E-state index < -0.39 is 24.4 Å². The number of carbonyl (C=O) groups excluding carboxylic acids is 3. The van der Waals surface area contributed by atoms with Gasteiger partial charge in [0.2, 0.25) is 0 Å². The largest absolute Gasteiger partial charge is 0.471 e. The molecule has 1 fully saturated rings. The average molecular weight is 387 g/mol. The van der Waals surface area contributed by atoms with Crippen molar-refractivity contribution in [1.82, 2.24) is 15.1 Å². The number of carbonyl (C=O) groups is 3. The SMILES string of the molecule is CN(Cc1ccc(C(=O)CNC(=O)C(F)(F)F)cc1)C(=O)N1CCOCC1. The first-order chi connectivity index (χ1) is 12.7. The lowest BCUT2D eigenvalue weighted by molar-refractivity contribution is -0.173. The number of urea groups is 1. The van der Waals surface area contributed by atoms with Gasteiger partial charge in [-0.3, -0.25) is 9.59 Å². The van der Waals surface area contributed by atoms with Crippen LogP contribution in [0.25, 0.3) is 0 Å². The first-order valence-electron chi connectivity index (χ1n) is 8.23. The number of rotatable bonds is 5. The number of hydrogen-bond acceptors (Lipinski definition) is 4. The van der Waals surface area contributed by atoms with Gasteiger partial charge in [0.1, 0.15) is 0 Å². The van der Waals surface area contributed by atoms with Crippen LogP contribution in [0.15, 0.2) is 24.3 Å². The average Bonchev–Trinajstić information content (AvgIpc) is 2.65. The van der Waals surface area contributed by atoms with Gasteiger partial charge in [0, 0.05) is 32.2 Å². The molecule has 10 heteroatoms. The number of halogens is 3. The summed E-state index contributed by atoms with van der Waals surface area (Å²) in [5, 5.41) is 1.54. The van der Waals surface area contributed by atoms with Gasteiger partial charge >= 0.3 is 18.1 Å². The summed E-state index contributed by atoms with van der Waals surface area (Å²) in [6.45, 7) is 1.63. The van der Waals surface area contributed by atoms with Crippen molar-refractivity contribution in [2.24, 2.45) is 0 Å². The highest BCUT2D eigenvalue weighted by molar-refractivity contribution is 5.99. The minimum atomic E-state index is -5.03. The molecule has 0 spiro atoms. The number of ether oxygens (including phenoxy) is 1. The summed E-state index contributed by atoms with van der Waals surface area (Å²) < 4.78 is 41.5. The number of nitrogens with zero attached hydrogens (tertiary/aromatic N) is 2. The Kier molecular flexibility index (Phi) is 6.78. The third-order valence-electron chi connectivity index (χ3n) is 3.97. The molecule has 1 heterocycles. The number of ketones is 1. The van der Waals surface area contributed by atoms with Crippen LogP contribution in [-0.2, 0) is 16.1 Å². The third kappa shape index (κ3) is 5.95. The van der Waals surface area contributed by atoms with Crippen LogP contribution in [0.1, 0.15) is 15.9 Å². The smallest absolute Gasteiger partial charge is 0.378 e. The molecule has 1 aromatic rings. The second-order valence-electron chi connectivity index (χ2n) is 6.04. The molecule has 0 atom stereocenters. The van der Waals surface area contributed by atoms with Crippen molar-refractivity contribution >= 4 is 17.7 Å². The summed E-state index contributed by atoms with van der Waals surface area (Å²) in [6, 6.07) is 5.99. The molecule has 0 bridgehead atoms. The number of morpholine rings is 1. The van der Waals surface area contributed by atoms with Gasteiger partial charge in [-0.1, -0.05) is 24.3 Å². The van der Waals surface area contributed by atoms with Crippen LogP contribution in [0, 0.1) is 0 Å². The molecule has 1 saturated heterocycles. The summed E-state index contributed by atoms with van der Waals surface area (Å²) in [4.78, 5) is 38.1. The van der Waals surface area contributed by atoms with E-state index in [2.05, 4.69) is 0 Å². The van der Waals surface area contributed by atoms with E-state index in [0.29, 0.717) is 32.8 Å². The van der Waals surface area contributed by atoms with Gasteiger partial charge in [0.15, 0.2) is 5.78 Å². The fraction of sp³-hybridized carbons (Fsp3) is 0.471. The Morgan fingerprint density at radius 3 is 2.30 bits per heavy atom. The zero-order chi connectivity index (χ0) is 20.0. The van der Waals surface area contributed by atoms with Crippen molar-refractivity contribution in [3.8, 4) is 0 Å². The molecule has 148 valence electrons. The van der Waals surface area contributed by atoms with Crippen molar-refractivity contribution in [3.63, 3.8) is 0 Å². The van der Waals surface area contributed by atoms with E-state index in [0.717, 1.165) is 5.56 Å². The highest BCUT2D eigenvalue weighted by atomic mass is 19.4. The lowest BCUT2D eigenvalue weighted by Crippen LogP contribution is -2.46. The van der Waals surface area contributed by atoms with Crippen molar-refractivity contribution in [3.05, 3.63) is 35.4 Å². The van der Waals surface area contributed by atoms with Crippen molar-refractivity contribution in [1.29, 1.82) is 0 Å². The maximum absolute atomic E-state index is 12.3. The first kappa shape index (κ1) is 20.7. The number of amides is 3. The summed E-state index contributed by atoms with van der Waals surface area (Å²) in [6.07, 6.45) is -5.03. The van der Waals surface area contributed by atoms with Gasteiger partial charge in [-0.2, -0.15) is 13.2 Å². The van der Waals surface area contributed by atoms with Crippen LogP contribution in [0.4, 0.5) is 18.0 Å². The molecule has 1 aliphatic heterocycles. The van der Waals surface area contributed by atoms with Crippen LogP contribution in [0.3, 0.4) is 0 Å². The Bertz CT molecular complexity index is 686. The lowest BCUT2D eigenvalue weighted by Gasteiger charge is -2.31. The molecule has 0 aromatic heterocycles. The lowest BCUT2D eigenvalue weighted by atomic mass is 10.1. The molecule has 7 nitrogen and oxygen atoms in total. The molecule has 2 rings (SSSR count). The second kappa shape index (κ2) is 8.85. The predicted octanol–water partition coefficient (Wildman–Crippen LogP) is 1.43. The molecular formula is C17H20F3N3O4. The van der Waals surface area contributed by atoms with E-state index in [1.807, 2.05) is 0 Å². The number of alkyl halides is 3. The zero-order valence-corrected chi connectivity index (χ0v) is 14.7. The minimum Gasteiger partial charge on any atom is -0.378 e. The maximum atomic E-state index is 12.3. The minimum absolute atomic E-state index is 0.131. The number of benzene rings is 1. The van der Waals surface area contributed by atoms with Gasteiger partial charge in [0.05, 0.1) is 19.8 Å². The standard InChI is InChI=1S/C17H20F3N3O4/c1-22(16(26)23-6-8-27-9-7-23)11-12-2-4-13(5-3-12)14(24)10-21-15(25)17(18,19)20/h2-5H,6-11H2,1H3,(H,21,25). The molecule has 0 saturated carbocycles. The number of nitrogens with one attached hydrogen (secondary N) is 1. The normalized spacial score (nSPS) is 14.6. The van der Waals surface area contributed by atoms with E-state index in [1.54, 1.807) is 24.1 Å². The van der Waals surface area contributed by atoms with E-state index in [1.165, 1.54) is 22.3 Å². The van der Waals surface area contributed by atoms with Gasteiger partial charge in [-0.25, -0.2) is 4.79 Å². The Balaban J connectivity index is 1.87. The Morgan fingerprint density at radius 1 is 1.15 bits per heavy atom. The molecule has 0 radical (unpaired) electrons. The summed E-state index contributed by atoms with van der Waals surface area (Å²) in [5.74, 6) is -2.80. The predicted molar refractivity (Wildman–Crippen MR) is 89.1 cm³/mol.